The SMILES string of the molecule is CCCCCCC=C[C@@H](OC(=O)c1ccccc1)[C@H](CO[C@@]1(C)O[C@H](COC(=O)OC(C)(C)C)[C@H](OC(=O)OC(C)(C)C)[C@H](OCc2ccc(OC)cc2)[C@H]1OCc1ccc(OC)cc1)N=[N+]=[N-]. The van der Waals surface area contributed by atoms with Crippen LogP contribution in [0.4, 0.5) is 9.59 Å². The number of hydrogen-bond donors (Lipinski definition) is 0. The van der Waals surface area contributed by atoms with Gasteiger partial charge in [0.05, 0.1) is 39.6 Å². The number of carbonyl (C=O) groups excluding carboxylic acids is 3. The van der Waals surface area contributed by atoms with Crippen molar-refractivity contribution in [1.82, 2.24) is 0 Å². The van der Waals surface area contributed by atoms with E-state index in [-0.39, 0.29) is 13.2 Å². The van der Waals surface area contributed by atoms with Gasteiger partial charge in [-0.25, -0.2) is 14.4 Å². The summed E-state index contributed by atoms with van der Waals surface area (Å²) in [6, 6.07) is 21.7. The Morgan fingerprint density at radius 3 is 1.94 bits per heavy atom. The van der Waals surface area contributed by atoms with Crippen molar-refractivity contribution in [1.29, 1.82) is 0 Å². The van der Waals surface area contributed by atoms with Gasteiger partial charge in [-0.2, -0.15) is 0 Å². The van der Waals surface area contributed by atoms with Crippen LogP contribution in [-0.4, -0.2) is 99.3 Å². The molecule has 1 aliphatic rings. The van der Waals surface area contributed by atoms with E-state index >= 15 is 0 Å². The Kier molecular flexibility index (Phi) is 21.5. The van der Waals surface area contributed by atoms with Crippen molar-refractivity contribution in [2.24, 2.45) is 5.11 Å². The standard InChI is InChI=1S/C51H69N3O14/c1-11-12-13-14-15-19-22-41(64-46(55)37-20-17-16-18-21-37)40(53-54-52)33-63-51(8)45(61-32-36-25-29-39(59-10)30-26-36)44(60-31-35-23-27-38(58-9)28-24-35)43(65-48(57)68-50(5,6)7)42(66-51)34-62-47(56)67-49(2,3)4/h16-30,40-45H,11-15,31-34H2,1-10H3/t40-,41+,42+,43-,44-,45+,51-/m0/s1. The molecule has 3 aromatic carbocycles. The van der Waals surface area contributed by atoms with Crippen LogP contribution < -0.4 is 9.47 Å². The van der Waals surface area contributed by atoms with Gasteiger partial charge >= 0.3 is 18.3 Å². The average molecular weight is 948 g/mol. The number of unbranched alkanes of at least 4 members (excludes halogenated alkanes) is 4. The lowest BCUT2D eigenvalue weighted by atomic mass is 9.92. The van der Waals surface area contributed by atoms with Crippen molar-refractivity contribution < 1.29 is 66.5 Å². The van der Waals surface area contributed by atoms with Crippen LogP contribution in [0.3, 0.4) is 0 Å². The third-order valence-electron chi connectivity index (χ3n) is 10.4. The second kappa shape index (κ2) is 26.6. The Balaban J connectivity index is 1.83. The van der Waals surface area contributed by atoms with E-state index in [1.807, 2.05) is 30.3 Å². The topological polar surface area (TPSA) is 201 Å². The van der Waals surface area contributed by atoms with Crippen molar-refractivity contribution >= 4 is 18.3 Å². The molecule has 0 N–H and O–H groups in total. The molecule has 1 heterocycles. The highest BCUT2D eigenvalue weighted by molar-refractivity contribution is 5.89. The monoisotopic (exact) mass is 947 g/mol. The Labute approximate surface area is 400 Å². The molecule has 0 unspecified atom stereocenters. The smallest absolute Gasteiger partial charge is 0.497 e. The minimum atomic E-state index is -1.87. The van der Waals surface area contributed by atoms with Crippen LogP contribution in [0, 0.1) is 0 Å². The second-order valence-corrected chi connectivity index (χ2v) is 18.3. The minimum Gasteiger partial charge on any atom is -0.497 e. The first-order chi connectivity index (χ1) is 32.4. The van der Waals surface area contributed by atoms with Crippen LogP contribution in [0.25, 0.3) is 10.4 Å². The van der Waals surface area contributed by atoms with E-state index in [9.17, 15) is 19.9 Å². The molecule has 1 aliphatic heterocycles. The lowest BCUT2D eigenvalue weighted by Crippen LogP contribution is -2.67. The Morgan fingerprint density at radius 2 is 1.38 bits per heavy atom. The lowest BCUT2D eigenvalue weighted by molar-refractivity contribution is -0.371. The van der Waals surface area contributed by atoms with Gasteiger partial charge in [0.15, 0.2) is 11.9 Å². The molecular formula is C51H69N3O14. The normalized spacial score (nSPS) is 20.3. The molecule has 372 valence electrons. The van der Waals surface area contributed by atoms with Gasteiger partial charge in [-0.1, -0.05) is 79.8 Å². The summed E-state index contributed by atoms with van der Waals surface area (Å²) in [5.41, 5.74) is 9.81. The van der Waals surface area contributed by atoms with Crippen LogP contribution in [0.15, 0.2) is 96.1 Å². The summed E-state index contributed by atoms with van der Waals surface area (Å²) < 4.78 is 66.4. The Morgan fingerprint density at radius 1 is 0.794 bits per heavy atom. The molecule has 3 aromatic rings. The molecule has 0 saturated carbocycles. The summed E-state index contributed by atoms with van der Waals surface area (Å²) >= 11 is 0. The fourth-order valence-electron chi connectivity index (χ4n) is 7.01. The molecule has 0 spiro atoms. The van der Waals surface area contributed by atoms with Gasteiger partial charge < -0.3 is 52.1 Å². The number of esters is 1. The third-order valence-corrected chi connectivity index (χ3v) is 10.4. The summed E-state index contributed by atoms with van der Waals surface area (Å²) in [5, 5.41) is 4.07. The van der Waals surface area contributed by atoms with Crippen LogP contribution in [-0.2, 0) is 55.8 Å². The predicted octanol–water partition coefficient (Wildman–Crippen LogP) is 11.0. The van der Waals surface area contributed by atoms with Crippen LogP contribution >= 0.6 is 0 Å². The first-order valence-corrected chi connectivity index (χ1v) is 22.9. The van der Waals surface area contributed by atoms with E-state index in [4.69, 9.17) is 52.1 Å². The number of benzene rings is 3. The van der Waals surface area contributed by atoms with Crippen molar-refractivity contribution in [3.8, 4) is 11.5 Å². The summed E-state index contributed by atoms with van der Waals surface area (Å²) in [6.45, 7) is 12.8. The number of azide groups is 1. The summed E-state index contributed by atoms with van der Waals surface area (Å²) in [4.78, 5) is 43.4. The molecule has 7 atom stereocenters. The quantitative estimate of drug-likeness (QED) is 0.0156. The molecule has 1 fully saturated rings. The molecule has 0 bridgehead atoms. The van der Waals surface area contributed by atoms with Gasteiger partial charge in [-0.3, -0.25) is 0 Å². The van der Waals surface area contributed by atoms with Gasteiger partial charge in [-0.05, 0) is 120 Å². The maximum absolute atomic E-state index is 13.6. The zero-order chi connectivity index (χ0) is 49.7. The summed E-state index contributed by atoms with van der Waals surface area (Å²) in [7, 11) is 3.12. The molecule has 1 saturated heterocycles. The molecular weight excluding hydrogens is 879 g/mol. The molecule has 0 aliphatic carbocycles. The number of nitrogens with zero attached hydrogens (tertiary/aromatic N) is 3. The number of rotatable bonds is 24. The highest BCUT2D eigenvalue weighted by Gasteiger charge is 2.57. The Hall–Kier alpha value is -5.84. The first-order valence-electron chi connectivity index (χ1n) is 22.9. The predicted molar refractivity (Wildman–Crippen MR) is 252 cm³/mol. The average Bonchev–Trinajstić information content (AvgIpc) is 3.29. The summed E-state index contributed by atoms with van der Waals surface area (Å²) in [5.74, 6) is -1.25. The number of ether oxygens (including phenoxy) is 11. The number of carbonyl (C=O) groups is 3. The first kappa shape index (κ1) is 54.8. The third kappa shape index (κ3) is 18.3. The van der Waals surface area contributed by atoms with Crippen molar-refractivity contribution in [3.05, 3.63) is 118 Å². The van der Waals surface area contributed by atoms with Crippen molar-refractivity contribution in [2.75, 3.05) is 27.4 Å². The molecule has 4 rings (SSSR count). The van der Waals surface area contributed by atoms with E-state index < -0.39 is 85.0 Å². The number of allylic oxidation sites excluding steroid dienone is 1. The zero-order valence-corrected chi connectivity index (χ0v) is 41.0. The van der Waals surface area contributed by atoms with E-state index in [0.29, 0.717) is 23.5 Å². The molecule has 0 amide bonds. The highest BCUT2D eigenvalue weighted by atomic mass is 16.8. The van der Waals surface area contributed by atoms with E-state index in [1.54, 1.807) is 123 Å². The van der Waals surface area contributed by atoms with Crippen LogP contribution in [0.5, 0.6) is 11.5 Å². The molecule has 0 radical (unpaired) electrons. The fourth-order valence-corrected chi connectivity index (χ4v) is 7.01. The van der Waals surface area contributed by atoms with E-state index in [1.165, 1.54) is 0 Å². The minimum absolute atomic E-state index is 0.0323. The maximum Gasteiger partial charge on any atom is 0.509 e. The summed E-state index contributed by atoms with van der Waals surface area (Å²) in [6.07, 6.45) is 0.0218. The van der Waals surface area contributed by atoms with Gasteiger partial charge in [-0.15, -0.1) is 0 Å². The number of hydrogen-bond acceptors (Lipinski definition) is 15. The molecule has 17 nitrogen and oxygen atoms in total. The number of methoxy groups -OCH3 is 2. The zero-order valence-electron chi connectivity index (χ0n) is 41.0. The Bertz CT molecular complexity index is 2080. The van der Waals surface area contributed by atoms with Crippen LogP contribution in [0.2, 0.25) is 0 Å². The second-order valence-electron chi connectivity index (χ2n) is 18.3. The van der Waals surface area contributed by atoms with Gasteiger partial charge in [0, 0.05) is 4.91 Å². The van der Waals surface area contributed by atoms with Crippen molar-refractivity contribution in [2.45, 2.75) is 154 Å². The highest BCUT2D eigenvalue weighted by Crippen LogP contribution is 2.38. The lowest BCUT2D eigenvalue weighted by Gasteiger charge is -2.50. The van der Waals surface area contributed by atoms with Gasteiger partial charge in [0.25, 0.3) is 0 Å². The largest absolute Gasteiger partial charge is 0.509 e. The van der Waals surface area contributed by atoms with Gasteiger partial charge in [0.1, 0.15) is 59.8 Å². The van der Waals surface area contributed by atoms with Crippen LogP contribution in [0.1, 0.15) is 109 Å². The van der Waals surface area contributed by atoms with E-state index in [2.05, 4.69) is 16.9 Å². The van der Waals surface area contributed by atoms with Crippen molar-refractivity contribution in [3.63, 3.8) is 0 Å². The molecule has 17 heteroatoms. The maximum atomic E-state index is 13.6. The molecule has 0 aromatic heterocycles. The fraction of sp³-hybridized carbons (Fsp3) is 0.549. The van der Waals surface area contributed by atoms with E-state index in [0.717, 1.165) is 36.8 Å². The molecule has 68 heavy (non-hydrogen) atoms. The van der Waals surface area contributed by atoms with Gasteiger partial charge in [0.2, 0.25) is 0 Å².